The van der Waals surface area contributed by atoms with Crippen molar-refractivity contribution in [3.63, 3.8) is 0 Å². The van der Waals surface area contributed by atoms with Crippen LogP contribution in [0.4, 0.5) is 0 Å². The summed E-state index contributed by atoms with van der Waals surface area (Å²) in [7, 11) is 0. The van der Waals surface area contributed by atoms with E-state index in [9.17, 15) is 30.3 Å². The minimum atomic E-state index is -1.57. The molecule has 0 aromatic heterocycles. The molecule has 1 aliphatic heterocycles. The fourth-order valence-corrected chi connectivity index (χ4v) is 10.3. The Hall–Kier alpha value is -1.59. The number of allylic oxidation sites excluding steroid dienone is 5. The summed E-state index contributed by atoms with van der Waals surface area (Å²) in [5.41, 5.74) is 0. The predicted molar refractivity (Wildman–Crippen MR) is 313 cm³/mol. The smallest absolute Gasteiger partial charge is 0.220 e. The van der Waals surface area contributed by atoms with Gasteiger partial charge < -0.3 is 40.3 Å². The summed E-state index contributed by atoms with van der Waals surface area (Å²) in [6.45, 7) is 3.74. The molecule has 6 N–H and O–H groups in total. The molecule has 0 radical (unpaired) electrons. The third kappa shape index (κ3) is 43.4. The fourth-order valence-electron chi connectivity index (χ4n) is 10.3. The largest absolute Gasteiger partial charge is 0.394 e. The van der Waals surface area contributed by atoms with E-state index in [1.807, 2.05) is 6.08 Å². The quantitative estimate of drug-likeness (QED) is 0.0261. The van der Waals surface area contributed by atoms with Crippen LogP contribution in [-0.2, 0) is 14.3 Å². The highest BCUT2D eigenvalue weighted by Gasteiger charge is 2.44. The molecule has 1 aliphatic rings. The van der Waals surface area contributed by atoms with Crippen LogP contribution < -0.4 is 5.32 Å². The average molecular weight is 1050 g/mol. The van der Waals surface area contributed by atoms with Gasteiger partial charge in [0, 0.05) is 6.42 Å². The second-order valence-corrected chi connectivity index (χ2v) is 22.5. The van der Waals surface area contributed by atoms with E-state index in [2.05, 4.69) is 43.5 Å². The number of aliphatic hydroxyl groups is 5. The highest BCUT2D eigenvalue weighted by atomic mass is 16.7. The van der Waals surface area contributed by atoms with Gasteiger partial charge in [0.2, 0.25) is 5.91 Å². The Kier molecular flexibility index (Phi) is 52.1. The van der Waals surface area contributed by atoms with Crippen molar-refractivity contribution in [2.75, 3.05) is 13.2 Å². The maximum absolute atomic E-state index is 13.0. The number of ether oxygens (including phenoxy) is 2. The zero-order chi connectivity index (χ0) is 53.6. The Labute approximate surface area is 457 Å². The Morgan fingerprint density at radius 1 is 0.446 bits per heavy atom. The van der Waals surface area contributed by atoms with Crippen molar-refractivity contribution in [2.45, 2.75) is 358 Å². The van der Waals surface area contributed by atoms with Crippen LogP contribution in [0.1, 0.15) is 316 Å². The first-order chi connectivity index (χ1) is 36.3. The molecule has 9 heteroatoms. The van der Waals surface area contributed by atoms with Gasteiger partial charge in [0.1, 0.15) is 24.4 Å². The van der Waals surface area contributed by atoms with Crippen molar-refractivity contribution in [3.05, 3.63) is 36.5 Å². The molecule has 1 fully saturated rings. The second kappa shape index (κ2) is 54.8. The Balaban J connectivity index is 1.97. The normalized spacial score (nSPS) is 19.1. The first kappa shape index (κ1) is 70.4. The number of hydrogen-bond acceptors (Lipinski definition) is 8. The Bertz CT molecular complexity index is 1260. The SMILES string of the molecule is CCCCCC/C=C/CC/C=C/C(O)C(COC1OC(CO)C(O)C(O)C1O)NC(=O)CCCCCCCCCCCCCCCCCCCCCCCCCCCCCCC/C=C\CCCCCCCCCC. The lowest BCUT2D eigenvalue weighted by molar-refractivity contribution is -0.302. The Morgan fingerprint density at radius 3 is 1.15 bits per heavy atom. The molecule has 0 aromatic rings. The zero-order valence-electron chi connectivity index (χ0n) is 48.6. The number of amides is 1. The number of hydrogen-bond donors (Lipinski definition) is 6. The average Bonchev–Trinajstić information content (AvgIpc) is 3.40. The van der Waals surface area contributed by atoms with Crippen LogP contribution in [0.25, 0.3) is 0 Å². The molecule has 9 nitrogen and oxygen atoms in total. The van der Waals surface area contributed by atoms with Crippen LogP contribution in [0.2, 0.25) is 0 Å². The molecule has 74 heavy (non-hydrogen) atoms. The monoisotopic (exact) mass is 1050 g/mol. The molecule has 1 saturated heterocycles. The minimum Gasteiger partial charge on any atom is -0.394 e. The zero-order valence-corrected chi connectivity index (χ0v) is 48.6. The van der Waals surface area contributed by atoms with Crippen LogP contribution in [-0.4, -0.2) is 87.5 Å². The van der Waals surface area contributed by atoms with Crippen molar-refractivity contribution >= 4 is 5.91 Å². The van der Waals surface area contributed by atoms with Gasteiger partial charge in [0.05, 0.1) is 25.4 Å². The van der Waals surface area contributed by atoms with Crippen LogP contribution in [0.5, 0.6) is 0 Å². The molecule has 7 unspecified atom stereocenters. The van der Waals surface area contributed by atoms with Crippen molar-refractivity contribution in [1.29, 1.82) is 0 Å². The number of aliphatic hydroxyl groups excluding tert-OH is 5. The number of carbonyl (C=O) groups is 1. The van der Waals surface area contributed by atoms with Crippen molar-refractivity contribution in [1.82, 2.24) is 5.32 Å². The molecule has 0 aliphatic carbocycles. The van der Waals surface area contributed by atoms with Gasteiger partial charge >= 0.3 is 0 Å². The van der Waals surface area contributed by atoms with Gasteiger partial charge in [-0.05, 0) is 57.8 Å². The van der Waals surface area contributed by atoms with Gasteiger partial charge in [0.25, 0.3) is 0 Å². The molecule has 436 valence electrons. The van der Waals surface area contributed by atoms with E-state index in [-0.39, 0.29) is 12.5 Å². The highest BCUT2D eigenvalue weighted by Crippen LogP contribution is 2.23. The van der Waals surface area contributed by atoms with Crippen molar-refractivity contribution in [3.8, 4) is 0 Å². The number of rotatable bonds is 56. The first-order valence-electron chi connectivity index (χ1n) is 32.2. The molecule has 7 atom stereocenters. The molecular weight excluding hydrogens is 923 g/mol. The molecule has 1 rings (SSSR count). The maximum Gasteiger partial charge on any atom is 0.220 e. The summed E-state index contributed by atoms with van der Waals surface area (Å²) in [5.74, 6) is -0.184. The fraction of sp³-hybridized carbons (Fsp3) is 0.892. The minimum absolute atomic E-state index is 0.184. The molecule has 1 heterocycles. The van der Waals surface area contributed by atoms with E-state index in [0.29, 0.717) is 6.42 Å². The Morgan fingerprint density at radius 2 is 0.770 bits per heavy atom. The summed E-state index contributed by atoms with van der Waals surface area (Å²) in [6.07, 6.45) is 65.8. The summed E-state index contributed by atoms with van der Waals surface area (Å²) < 4.78 is 11.2. The van der Waals surface area contributed by atoms with Gasteiger partial charge in [-0.3, -0.25) is 4.79 Å². The molecule has 0 bridgehead atoms. The van der Waals surface area contributed by atoms with Gasteiger partial charge in [0.15, 0.2) is 6.29 Å². The lowest BCUT2D eigenvalue weighted by Crippen LogP contribution is -2.60. The standard InChI is InChI=1S/C65H123NO8/c1-3-5-7-9-11-13-15-16-17-18-19-20-21-22-23-24-25-26-27-28-29-30-31-32-33-34-35-36-37-38-39-40-41-42-43-44-45-47-49-51-53-55-61(69)66-58(57-73-65-64(72)63(71)62(70)60(56-67)74-65)59(68)54-52-50-48-46-14-12-10-8-6-4-2/h14,18-19,46,52,54,58-60,62-65,67-68,70-72H,3-13,15-17,20-45,47-51,53,55-57H2,1-2H3,(H,66,69)/b19-18-,46-14+,54-52+. The molecule has 0 saturated carbocycles. The van der Waals surface area contributed by atoms with E-state index in [1.165, 1.54) is 257 Å². The maximum atomic E-state index is 13.0. The lowest BCUT2D eigenvalue weighted by Gasteiger charge is -2.40. The second-order valence-electron chi connectivity index (χ2n) is 22.5. The van der Waals surface area contributed by atoms with Crippen molar-refractivity contribution < 1.29 is 39.8 Å². The molecule has 0 aromatic carbocycles. The predicted octanol–water partition coefficient (Wildman–Crippen LogP) is 16.7. The van der Waals surface area contributed by atoms with Gasteiger partial charge in [-0.25, -0.2) is 0 Å². The third-order valence-corrected chi connectivity index (χ3v) is 15.4. The van der Waals surface area contributed by atoms with Gasteiger partial charge in [-0.15, -0.1) is 0 Å². The highest BCUT2D eigenvalue weighted by molar-refractivity contribution is 5.76. The topological polar surface area (TPSA) is 149 Å². The van der Waals surface area contributed by atoms with Crippen LogP contribution >= 0.6 is 0 Å². The van der Waals surface area contributed by atoms with E-state index in [1.54, 1.807) is 6.08 Å². The number of nitrogens with one attached hydrogen (secondary N) is 1. The van der Waals surface area contributed by atoms with Crippen LogP contribution in [0, 0.1) is 0 Å². The molecular formula is C65H123NO8. The van der Waals surface area contributed by atoms with Gasteiger partial charge in [-0.2, -0.15) is 0 Å². The number of unbranched alkanes of at least 4 members (excludes halogenated alkanes) is 42. The lowest BCUT2D eigenvalue weighted by atomic mass is 9.99. The third-order valence-electron chi connectivity index (χ3n) is 15.4. The van der Waals surface area contributed by atoms with E-state index >= 15 is 0 Å². The van der Waals surface area contributed by atoms with Crippen LogP contribution in [0.3, 0.4) is 0 Å². The van der Waals surface area contributed by atoms with E-state index < -0.39 is 49.5 Å². The van der Waals surface area contributed by atoms with Crippen LogP contribution in [0.15, 0.2) is 36.5 Å². The molecule has 1 amide bonds. The summed E-state index contributed by atoms with van der Waals surface area (Å²) in [6, 6.07) is -0.818. The van der Waals surface area contributed by atoms with E-state index in [0.717, 1.165) is 38.5 Å². The first-order valence-corrected chi connectivity index (χ1v) is 32.2. The summed E-state index contributed by atoms with van der Waals surface area (Å²) >= 11 is 0. The molecule has 0 spiro atoms. The van der Waals surface area contributed by atoms with E-state index in [4.69, 9.17) is 9.47 Å². The summed E-state index contributed by atoms with van der Waals surface area (Å²) in [4.78, 5) is 13.0. The summed E-state index contributed by atoms with van der Waals surface area (Å²) in [5, 5.41) is 54.3. The van der Waals surface area contributed by atoms with Crippen molar-refractivity contribution in [2.24, 2.45) is 0 Å². The number of carbonyl (C=O) groups excluding carboxylic acids is 1. The van der Waals surface area contributed by atoms with Gasteiger partial charge in [-0.1, -0.05) is 288 Å².